The second-order valence-corrected chi connectivity index (χ2v) is 12.3. The Morgan fingerprint density at radius 3 is 1.88 bits per heavy atom. The Morgan fingerprint density at radius 2 is 1.19 bits per heavy atom. The van der Waals surface area contributed by atoms with E-state index in [0.29, 0.717) is 5.96 Å². The Kier molecular flexibility index (Phi) is 5.75. The SMILES string of the molecule is C=Cc1ccc2c(c1)c1ccccc1n2C1=NC(n2c3ccccc3c3ccccc32)N=C(n2c3c(c4ccccc42)=CCC=CC=3)N1. The normalized spacial score (nSPS) is 16.0. The summed E-state index contributed by atoms with van der Waals surface area (Å²) in [7, 11) is 0. The number of hydrogen-bond acceptors (Lipinski definition) is 3. The number of nitrogens with one attached hydrogen (secondary N) is 1. The molecule has 6 heteroatoms. The molecule has 2 aliphatic rings. The number of benzene rings is 5. The first-order valence-corrected chi connectivity index (χ1v) is 16.3. The van der Waals surface area contributed by atoms with Crippen LogP contribution in [0.25, 0.3) is 72.7 Å². The monoisotopic (exact) mass is 618 g/mol. The van der Waals surface area contributed by atoms with Crippen LogP contribution in [0.1, 0.15) is 18.3 Å². The van der Waals surface area contributed by atoms with E-state index in [1.807, 2.05) is 6.08 Å². The zero-order chi connectivity index (χ0) is 31.8. The van der Waals surface area contributed by atoms with Crippen molar-refractivity contribution in [1.29, 1.82) is 0 Å². The lowest BCUT2D eigenvalue weighted by Gasteiger charge is -2.25. The highest BCUT2D eigenvalue weighted by Gasteiger charge is 2.27. The summed E-state index contributed by atoms with van der Waals surface area (Å²) >= 11 is 0. The molecule has 0 fully saturated rings. The van der Waals surface area contributed by atoms with E-state index < -0.39 is 6.29 Å². The van der Waals surface area contributed by atoms with Gasteiger partial charge in [-0.05, 0) is 54.5 Å². The van der Waals surface area contributed by atoms with Crippen LogP contribution in [0.4, 0.5) is 0 Å². The maximum absolute atomic E-state index is 5.46. The number of aliphatic imine (C=N–C) groups is 2. The van der Waals surface area contributed by atoms with Crippen LogP contribution in [-0.2, 0) is 0 Å². The first-order chi connectivity index (χ1) is 23.8. The van der Waals surface area contributed by atoms with Crippen molar-refractivity contribution in [2.75, 3.05) is 0 Å². The van der Waals surface area contributed by atoms with E-state index in [1.54, 1.807) is 0 Å². The van der Waals surface area contributed by atoms with Crippen LogP contribution < -0.4 is 15.9 Å². The second kappa shape index (κ2) is 10.3. The highest BCUT2D eigenvalue weighted by atomic mass is 15.4. The molecule has 228 valence electrons. The molecular weight excluding hydrogens is 589 g/mol. The number of para-hydroxylation sites is 4. The first-order valence-electron chi connectivity index (χ1n) is 16.3. The zero-order valence-electron chi connectivity index (χ0n) is 26.1. The van der Waals surface area contributed by atoms with Gasteiger partial charge in [-0.15, -0.1) is 0 Å². The molecule has 1 unspecified atom stereocenters. The highest BCUT2D eigenvalue weighted by Crippen LogP contribution is 2.35. The molecule has 0 saturated carbocycles. The summed E-state index contributed by atoms with van der Waals surface area (Å²) in [6.45, 7) is 4.03. The van der Waals surface area contributed by atoms with E-state index in [9.17, 15) is 0 Å². The molecule has 4 heterocycles. The van der Waals surface area contributed by atoms with E-state index in [4.69, 9.17) is 9.98 Å². The van der Waals surface area contributed by atoms with E-state index in [2.05, 4.69) is 165 Å². The summed E-state index contributed by atoms with van der Waals surface area (Å²) in [4.78, 5) is 10.9. The second-order valence-electron chi connectivity index (χ2n) is 12.3. The van der Waals surface area contributed by atoms with Crippen LogP contribution in [0.15, 0.2) is 144 Å². The molecule has 0 radical (unpaired) electrons. The Balaban J connectivity index is 1.31. The average Bonchev–Trinajstić information content (AvgIpc) is 3.69. The Hall–Kier alpha value is -6.40. The van der Waals surface area contributed by atoms with E-state index >= 15 is 0 Å². The summed E-state index contributed by atoms with van der Waals surface area (Å²) in [5, 5.41) is 11.9. The molecule has 1 N–H and O–H groups in total. The van der Waals surface area contributed by atoms with Gasteiger partial charge in [0.05, 0.1) is 32.9 Å². The van der Waals surface area contributed by atoms with Crippen LogP contribution >= 0.6 is 0 Å². The van der Waals surface area contributed by atoms with Crippen molar-refractivity contribution >= 4 is 84.7 Å². The molecule has 0 amide bonds. The van der Waals surface area contributed by atoms with Gasteiger partial charge >= 0.3 is 0 Å². The molecule has 5 aromatic carbocycles. The smallest absolute Gasteiger partial charge is 0.228 e. The van der Waals surface area contributed by atoms with E-state index in [1.165, 1.54) is 21.4 Å². The number of allylic oxidation sites excluding steroid dienone is 2. The molecule has 1 aliphatic carbocycles. The Morgan fingerprint density at radius 1 is 0.625 bits per heavy atom. The number of aromatic nitrogens is 3. The topological polar surface area (TPSA) is 51.5 Å². The zero-order valence-corrected chi connectivity index (χ0v) is 26.1. The number of rotatable bonds is 2. The molecule has 1 atom stereocenters. The largest absolute Gasteiger partial charge is 0.299 e. The third kappa shape index (κ3) is 3.80. The molecule has 0 spiro atoms. The van der Waals surface area contributed by atoms with Gasteiger partial charge in [0, 0.05) is 32.1 Å². The number of hydrogen-bond donors (Lipinski definition) is 1. The maximum atomic E-state index is 5.46. The fourth-order valence-corrected chi connectivity index (χ4v) is 7.62. The van der Waals surface area contributed by atoms with E-state index in [-0.39, 0.29) is 0 Å². The molecular formula is C42H30N6. The minimum absolute atomic E-state index is 0.577. The maximum Gasteiger partial charge on any atom is 0.228 e. The van der Waals surface area contributed by atoms with Crippen molar-refractivity contribution in [2.45, 2.75) is 12.7 Å². The van der Waals surface area contributed by atoms with Gasteiger partial charge in [0.15, 0.2) is 0 Å². The summed E-state index contributed by atoms with van der Waals surface area (Å²) in [5.74, 6) is 1.43. The molecule has 6 nitrogen and oxygen atoms in total. The van der Waals surface area contributed by atoms with Crippen LogP contribution in [0.3, 0.4) is 0 Å². The Labute approximate surface area is 275 Å². The summed E-state index contributed by atoms with van der Waals surface area (Å²) in [5.41, 5.74) is 6.49. The lowest BCUT2D eigenvalue weighted by atomic mass is 10.1. The third-order valence-electron chi connectivity index (χ3n) is 9.70. The molecule has 48 heavy (non-hydrogen) atoms. The number of fused-ring (bicyclic) bond motifs is 9. The predicted molar refractivity (Wildman–Crippen MR) is 201 cm³/mol. The fraction of sp³-hybridized carbons (Fsp3) is 0.0476. The van der Waals surface area contributed by atoms with Crippen molar-refractivity contribution in [2.24, 2.45) is 9.98 Å². The minimum atomic E-state index is -0.577. The lowest BCUT2D eigenvalue weighted by molar-refractivity contribution is 0.566. The summed E-state index contributed by atoms with van der Waals surface area (Å²) in [6, 6.07) is 40.7. The van der Waals surface area contributed by atoms with Crippen LogP contribution in [0.5, 0.6) is 0 Å². The summed E-state index contributed by atoms with van der Waals surface area (Å²) in [6.07, 6.45) is 11.0. The third-order valence-corrected chi connectivity index (χ3v) is 9.70. The van der Waals surface area contributed by atoms with Gasteiger partial charge in [0.1, 0.15) is 0 Å². The summed E-state index contributed by atoms with van der Waals surface area (Å²) < 4.78 is 6.78. The van der Waals surface area contributed by atoms with Gasteiger partial charge < -0.3 is 0 Å². The van der Waals surface area contributed by atoms with Crippen molar-refractivity contribution in [3.63, 3.8) is 0 Å². The lowest BCUT2D eigenvalue weighted by Crippen LogP contribution is -2.47. The fourth-order valence-electron chi connectivity index (χ4n) is 7.62. The van der Waals surface area contributed by atoms with Crippen molar-refractivity contribution in [3.05, 3.63) is 150 Å². The number of nitrogens with zero attached hydrogens (tertiary/aromatic N) is 5. The average molecular weight is 619 g/mol. The predicted octanol–water partition coefficient (Wildman–Crippen LogP) is 7.89. The van der Waals surface area contributed by atoms with Crippen molar-refractivity contribution in [1.82, 2.24) is 19.0 Å². The van der Waals surface area contributed by atoms with Gasteiger partial charge in [-0.3, -0.25) is 19.0 Å². The minimum Gasteiger partial charge on any atom is -0.299 e. The molecule has 8 aromatic rings. The van der Waals surface area contributed by atoms with Crippen molar-refractivity contribution in [3.8, 4) is 0 Å². The van der Waals surface area contributed by atoms with Crippen LogP contribution in [-0.4, -0.2) is 25.6 Å². The quantitative estimate of drug-likeness (QED) is 0.211. The van der Waals surface area contributed by atoms with Crippen LogP contribution in [0, 0.1) is 0 Å². The molecule has 10 rings (SSSR count). The van der Waals surface area contributed by atoms with Gasteiger partial charge in [-0.2, -0.15) is 0 Å². The molecule has 3 aromatic heterocycles. The van der Waals surface area contributed by atoms with Crippen LogP contribution in [0.2, 0.25) is 0 Å². The molecule has 1 aliphatic heterocycles. The first kappa shape index (κ1) is 26.8. The highest BCUT2D eigenvalue weighted by molar-refractivity contribution is 6.17. The van der Waals surface area contributed by atoms with Gasteiger partial charge in [-0.25, -0.2) is 9.98 Å². The van der Waals surface area contributed by atoms with Gasteiger partial charge in [0.2, 0.25) is 18.2 Å². The van der Waals surface area contributed by atoms with Gasteiger partial charge in [0.25, 0.3) is 0 Å². The van der Waals surface area contributed by atoms with Gasteiger partial charge in [-0.1, -0.05) is 110 Å². The molecule has 0 bridgehead atoms. The standard InChI is InChI=1S/C42H30N6/c1-2-27-24-25-39-33(26-27)32-18-9-13-23-38(32)48(39)42-44-40(46-34-19-5-3-4-14-28(34)29-15-6-10-20-35(29)46)43-41(45-42)47-36-21-11-7-16-30(36)31-17-8-12-22-37(31)47/h2-3,5-26,41H,1,4H2,(H,43,44,45). The Bertz CT molecular complexity index is 2820. The van der Waals surface area contributed by atoms with Crippen molar-refractivity contribution < 1.29 is 0 Å². The van der Waals surface area contributed by atoms with E-state index in [0.717, 1.165) is 61.6 Å². The molecule has 0 saturated heterocycles.